The van der Waals surface area contributed by atoms with Crippen LogP contribution < -0.4 is 9.47 Å². The van der Waals surface area contributed by atoms with E-state index < -0.39 is 0 Å². The number of fused-ring (bicyclic) bond motifs is 1. The van der Waals surface area contributed by atoms with Crippen molar-refractivity contribution in [3.05, 3.63) is 53.3 Å². The molecule has 27 heavy (non-hydrogen) atoms. The van der Waals surface area contributed by atoms with Gasteiger partial charge in [0.1, 0.15) is 11.5 Å². The van der Waals surface area contributed by atoms with E-state index >= 15 is 0 Å². The molecule has 1 amide bonds. The summed E-state index contributed by atoms with van der Waals surface area (Å²) in [4.78, 5) is 19.2. The number of benzene rings is 1. The molecule has 142 valence electrons. The van der Waals surface area contributed by atoms with Crippen LogP contribution in [0.15, 0.2) is 36.5 Å². The zero-order valence-corrected chi connectivity index (χ0v) is 15.8. The number of aromatic nitrogens is 1. The van der Waals surface area contributed by atoms with Crippen LogP contribution in [0.1, 0.15) is 40.9 Å². The lowest BCUT2D eigenvalue weighted by Gasteiger charge is -2.27. The molecule has 0 N–H and O–H groups in total. The first-order chi connectivity index (χ1) is 13.2. The van der Waals surface area contributed by atoms with E-state index in [0.717, 1.165) is 61.5 Å². The van der Waals surface area contributed by atoms with Crippen molar-refractivity contribution in [3.63, 3.8) is 0 Å². The Hall–Kier alpha value is -2.56. The lowest BCUT2D eigenvalue weighted by atomic mass is 9.92. The van der Waals surface area contributed by atoms with Crippen LogP contribution in [-0.4, -0.2) is 42.6 Å². The van der Waals surface area contributed by atoms with Crippen molar-refractivity contribution in [3.8, 4) is 11.5 Å². The highest BCUT2D eigenvalue weighted by molar-refractivity contribution is 5.94. The lowest BCUT2D eigenvalue weighted by Crippen LogP contribution is -2.35. The van der Waals surface area contributed by atoms with Gasteiger partial charge in [0, 0.05) is 42.5 Å². The van der Waals surface area contributed by atoms with Crippen molar-refractivity contribution in [2.24, 2.45) is 5.92 Å². The minimum atomic E-state index is 0.135. The van der Waals surface area contributed by atoms with Crippen LogP contribution in [-0.2, 0) is 12.8 Å². The van der Waals surface area contributed by atoms with E-state index in [1.165, 1.54) is 12.0 Å². The number of pyridine rings is 1. The number of likely N-dealkylation sites (tertiary alicyclic amines) is 1. The first-order valence-electron chi connectivity index (χ1n) is 9.77. The van der Waals surface area contributed by atoms with Crippen molar-refractivity contribution < 1.29 is 14.3 Å². The average Bonchev–Trinajstić information content (AvgIpc) is 2.73. The van der Waals surface area contributed by atoms with Crippen LogP contribution in [0, 0.1) is 5.92 Å². The van der Waals surface area contributed by atoms with E-state index in [1.807, 2.05) is 29.2 Å². The highest BCUT2D eigenvalue weighted by Crippen LogP contribution is 2.32. The van der Waals surface area contributed by atoms with Crippen LogP contribution >= 0.6 is 0 Å². The van der Waals surface area contributed by atoms with E-state index in [9.17, 15) is 4.79 Å². The molecule has 0 radical (unpaired) electrons. The van der Waals surface area contributed by atoms with Crippen molar-refractivity contribution in [1.82, 2.24) is 9.88 Å². The normalized spacial score (nSPS) is 19.1. The largest absolute Gasteiger partial charge is 0.497 e. The van der Waals surface area contributed by atoms with Gasteiger partial charge in [-0.15, -0.1) is 0 Å². The zero-order chi connectivity index (χ0) is 18.6. The molecule has 1 fully saturated rings. The van der Waals surface area contributed by atoms with Gasteiger partial charge in [-0.3, -0.25) is 9.78 Å². The minimum absolute atomic E-state index is 0.135. The van der Waals surface area contributed by atoms with Crippen molar-refractivity contribution in [2.45, 2.75) is 32.1 Å². The van der Waals surface area contributed by atoms with Gasteiger partial charge in [0.25, 0.3) is 5.91 Å². The predicted molar refractivity (Wildman–Crippen MR) is 103 cm³/mol. The van der Waals surface area contributed by atoms with Crippen LogP contribution in [0.5, 0.6) is 11.5 Å². The summed E-state index contributed by atoms with van der Waals surface area (Å²) in [5, 5.41) is 0. The Balaban J connectivity index is 1.43. The van der Waals surface area contributed by atoms with Gasteiger partial charge in [0.15, 0.2) is 0 Å². The molecule has 0 aliphatic carbocycles. The maximum absolute atomic E-state index is 12.7. The third kappa shape index (κ3) is 4.07. The fraction of sp³-hybridized carbons (Fsp3) is 0.455. The predicted octanol–water partition coefficient (Wildman–Crippen LogP) is 3.51. The number of hydrogen-bond acceptors (Lipinski definition) is 4. The molecule has 3 heterocycles. The maximum atomic E-state index is 12.7. The molecule has 5 nitrogen and oxygen atoms in total. The maximum Gasteiger partial charge on any atom is 0.253 e. The SMILES string of the molecule is COc1ccc2c(c1)OC[C@H](Cc1cc(C(=O)N3CCCCC3)ccn1)C2. The molecule has 2 aromatic rings. The van der Waals surface area contributed by atoms with Gasteiger partial charge in [-0.05, 0) is 55.9 Å². The van der Waals surface area contributed by atoms with Crippen molar-refractivity contribution in [2.75, 3.05) is 26.8 Å². The molecule has 0 saturated carbocycles. The number of carbonyl (C=O) groups is 1. The van der Waals surface area contributed by atoms with Gasteiger partial charge < -0.3 is 14.4 Å². The van der Waals surface area contributed by atoms with Crippen molar-refractivity contribution >= 4 is 5.91 Å². The van der Waals surface area contributed by atoms with Crippen molar-refractivity contribution in [1.29, 1.82) is 0 Å². The van der Waals surface area contributed by atoms with Gasteiger partial charge in [-0.25, -0.2) is 0 Å². The summed E-state index contributed by atoms with van der Waals surface area (Å²) in [5.74, 6) is 2.22. The Morgan fingerprint density at radius 3 is 2.89 bits per heavy atom. The van der Waals surface area contributed by atoms with E-state index in [2.05, 4.69) is 11.1 Å². The summed E-state index contributed by atoms with van der Waals surface area (Å²) in [6.45, 7) is 2.40. The number of methoxy groups -OCH3 is 1. The van der Waals surface area contributed by atoms with Gasteiger partial charge >= 0.3 is 0 Å². The van der Waals surface area contributed by atoms with E-state index in [-0.39, 0.29) is 5.91 Å². The van der Waals surface area contributed by atoms with E-state index in [0.29, 0.717) is 12.5 Å². The third-order valence-electron chi connectivity index (χ3n) is 5.46. The molecule has 1 saturated heterocycles. The van der Waals surface area contributed by atoms with Crippen LogP contribution in [0.4, 0.5) is 0 Å². The number of amides is 1. The Morgan fingerprint density at radius 2 is 2.07 bits per heavy atom. The minimum Gasteiger partial charge on any atom is -0.497 e. The molecule has 0 unspecified atom stereocenters. The molecular formula is C22H26N2O3. The second kappa shape index (κ2) is 7.99. The Bertz CT molecular complexity index is 815. The third-order valence-corrected chi connectivity index (χ3v) is 5.46. The highest BCUT2D eigenvalue weighted by Gasteiger charge is 2.23. The van der Waals surface area contributed by atoms with Gasteiger partial charge in [0.2, 0.25) is 0 Å². The smallest absolute Gasteiger partial charge is 0.253 e. The Morgan fingerprint density at radius 1 is 1.22 bits per heavy atom. The van der Waals surface area contributed by atoms with Crippen LogP contribution in [0.3, 0.4) is 0 Å². The number of ether oxygens (including phenoxy) is 2. The molecule has 5 heteroatoms. The molecular weight excluding hydrogens is 340 g/mol. The number of rotatable bonds is 4. The van der Waals surface area contributed by atoms with Crippen LogP contribution in [0.25, 0.3) is 0 Å². The highest BCUT2D eigenvalue weighted by atomic mass is 16.5. The number of carbonyl (C=O) groups excluding carboxylic acids is 1. The molecule has 0 spiro atoms. The molecule has 4 rings (SSSR count). The summed E-state index contributed by atoms with van der Waals surface area (Å²) < 4.78 is 11.2. The number of piperidine rings is 1. The summed E-state index contributed by atoms with van der Waals surface area (Å²) in [6.07, 6.45) is 6.95. The van der Waals surface area contributed by atoms with Gasteiger partial charge in [0.05, 0.1) is 13.7 Å². The topological polar surface area (TPSA) is 51.7 Å². The quantitative estimate of drug-likeness (QED) is 0.831. The van der Waals surface area contributed by atoms with Gasteiger partial charge in [-0.2, -0.15) is 0 Å². The zero-order valence-electron chi connectivity index (χ0n) is 15.8. The fourth-order valence-corrected chi connectivity index (χ4v) is 3.97. The molecule has 0 bridgehead atoms. The first-order valence-corrected chi connectivity index (χ1v) is 9.77. The summed E-state index contributed by atoms with van der Waals surface area (Å²) >= 11 is 0. The first kappa shape index (κ1) is 17.8. The second-order valence-corrected chi connectivity index (χ2v) is 7.45. The van der Waals surface area contributed by atoms with Crippen LogP contribution in [0.2, 0.25) is 0 Å². The van der Waals surface area contributed by atoms with E-state index in [1.54, 1.807) is 13.3 Å². The summed E-state index contributed by atoms with van der Waals surface area (Å²) in [7, 11) is 1.66. The van der Waals surface area contributed by atoms with Gasteiger partial charge in [-0.1, -0.05) is 6.07 Å². The monoisotopic (exact) mass is 366 g/mol. The van der Waals surface area contributed by atoms with E-state index in [4.69, 9.17) is 9.47 Å². The molecule has 1 aromatic heterocycles. The lowest BCUT2D eigenvalue weighted by molar-refractivity contribution is 0.0724. The number of nitrogens with zero attached hydrogens (tertiary/aromatic N) is 2. The summed E-state index contributed by atoms with van der Waals surface area (Å²) in [6, 6.07) is 9.78. The molecule has 1 aromatic carbocycles. The summed E-state index contributed by atoms with van der Waals surface area (Å²) in [5.41, 5.74) is 2.92. The standard InChI is InChI=1S/C22H26N2O3/c1-26-20-6-5-17-11-16(15-27-21(17)14-20)12-19-13-18(7-8-23-19)22(25)24-9-3-2-4-10-24/h5-8,13-14,16H,2-4,9-12,15H2,1H3/t16-/m0/s1. The second-order valence-electron chi connectivity index (χ2n) is 7.45. The molecule has 2 aliphatic rings. The molecule has 1 atom stereocenters. The Labute approximate surface area is 160 Å². The Kier molecular flexibility index (Phi) is 5.28. The average molecular weight is 366 g/mol. The molecule has 2 aliphatic heterocycles. The number of hydrogen-bond donors (Lipinski definition) is 0. The fourth-order valence-electron chi connectivity index (χ4n) is 3.97.